The van der Waals surface area contributed by atoms with Gasteiger partial charge < -0.3 is 24.1 Å². The summed E-state index contributed by atoms with van der Waals surface area (Å²) in [5.41, 5.74) is 1.46. The number of sulfonamides is 1. The lowest BCUT2D eigenvalue weighted by Crippen LogP contribution is -2.14. The number of rotatable bonds is 10. The van der Waals surface area contributed by atoms with Crippen LogP contribution in [0, 0.1) is 0 Å². The van der Waals surface area contributed by atoms with E-state index in [4.69, 9.17) is 24.1 Å². The Morgan fingerprint density at radius 1 is 0.963 bits per heavy atom. The molecule has 0 aliphatic heterocycles. The third-order valence-corrected chi connectivity index (χ3v) is 4.36. The number of primary sulfonamides is 1. The molecule has 0 aliphatic rings. The van der Waals surface area contributed by atoms with Crippen LogP contribution >= 0.6 is 0 Å². The zero-order chi connectivity index (χ0) is 19.9. The number of aliphatic hydroxyl groups is 1. The van der Waals surface area contributed by atoms with Crippen LogP contribution in [-0.4, -0.2) is 41.3 Å². The van der Waals surface area contributed by atoms with Gasteiger partial charge in [-0.15, -0.1) is 0 Å². The molecule has 9 heteroatoms. The van der Waals surface area contributed by atoms with Gasteiger partial charge in [0.1, 0.15) is 17.6 Å². The van der Waals surface area contributed by atoms with E-state index in [0.717, 1.165) is 0 Å². The van der Waals surface area contributed by atoms with Crippen LogP contribution < -0.4 is 14.6 Å². The first-order chi connectivity index (χ1) is 12.9. The van der Waals surface area contributed by atoms with E-state index in [1.807, 2.05) is 0 Å². The van der Waals surface area contributed by atoms with E-state index in [9.17, 15) is 13.5 Å². The average molecular weight is 397 g/mol. The second kappa shape index (κ2) is 9.67. The van der Waals surface area contributed by atoms with Crippen LogP contribution in [0.1, 0.15) is 22.8 Å². The van der Waals surface area contributed by atoms with Gasteiger partial charge in [0, 0.05) is 14.2 Å². The maximum absolute atomic E-state index is 11.2. The van der Waals surface area contributed by atoms with Gasteiger partial charge in [0.25, 0.3) is 0 Å². The van der Waals surface area contributed by atoms with Gasteiger partial charge in [-0.3, -0.25) is 0 Å². The molecular weight excluding hydrogens is 374 g/mol. The molecule has 2 aromatic rings. The first-order valence-corrected chi connectivity index (χ1v) is 9.71. The quantitative estimate of drug-likeness (QED) is 0.584. The summed E-state index contributed by atoms with van der Waals surface area (Å²) in [5, 5.41) is 15.9. The van der Waals surface area contributed by atoms with E-state index in [1.54, 1.807) is 42.5 Å². The van der Waals surface area contributed by atoms with Crippen molar-refractivity contribution in [1.82, 2.24) is 0 Å². The number of benzene rings is 2. The zero-order valence-corrected chi connectivity index (χ0v) is 15.9. The third-order valence-electron chi connectivity index (χ3n) is 3.63. The first kappa shape index (κ1) is 21.1. The monoisotopic (exact) mass is 397 g/mol. The van der Waals surface area contributed by atoms with Crippen molar-refractivity contribution in [2.75, 3.05) is 27.8 Å². The minimum atomic E-state index is -3.63. The second-order valence-corrected chi connectivity index (χ2v) is 7.34. The topological polar surface area (TPSA) is 117 Å². The molecule has 27 heavy (non-hydrogen) atoms. The maximum Gasteiger partial charge on any atom is 0.213 e. The summed E-state index contributed by atoms with van der Waals surface area (Å²) in [6.07, 6.45) is -1.08. The van der Waals surface area contributed by atoms with E-state index < -0.39 is 16.1 Å². The fraction of sp³-hybridized carbons (Fsp3) is 0.333. The number of aliphatic hydroxyl groups excluding tert-OH is 1. The molecule has 1 atom stereocenters. The summed E-state index contributed by atoms with van der Waals surface area (Å²) < 4.78 is 43.3. The van der Waals surface area contributed by atoms with Gasteiger partial charge >= 0.3 is 0 Å². The van der Waals surface area contributed by atoms with Gasteiger partial charge in [0.05, 0.1) is 11.3 Å². The SMILES string of the molecule is COCOc1cccc(OCOC)c1C(O)c1ccc(CS(N)(=O)=O)cc1. The third kappa shape index (κ3) is 6.19. The molecule has 0 aromatic heterocycles. The van der Waals surface area contributed by atoms with E-state index in [1.165, 1.54) is 14.2 Å². The van der Waals surface area contributed by atoms with Gasteiger partial charge in [0.2, 0.25) is 10.0 Å². The van der Waals surface area contributed by atoms with Gasteiger partial charge in [-0.2, -0.15) is 0 Å². The molecule has 2 aromatic carbocycles. The Labute approximate surface area is 158 Å². The highest BCUT2D eigenvalue weighted by Crippen LogP contribution is 2.37. The van der Waals surface area contributed by atoms with Crippen LogP contribution in [0.15, 0.2) is 42.5 Å². The number of ether oxygens (including phenoxy) is 4. The summed E-state index contributed by atoms with van der Waals surface area (Å²) in [6, 6.07) is 11.5. The smallest absolute Gasteiger partial charge is 0.213 e. The fourth-order valence-corrected chi connectivity index (χ4v) is 3.14. The standard InChI is InChI=1S/C18H23NO7S/c1-23-11-25-15-4-3-5-16(26-12-24-2)17(15)18(20)14-8-6-13(7-9-14)10-27(19,21)22/h3-9,18,20H,10-12H2,1-2H3,(H2,19,21,22). The van der Waals surface area contributed by atoms with Crippen molar-refractivity contribution in [2.24, 2.45) is 5.14 Å². The highest BCUT2D eigenvalue weighted by atomic mass is 32.2. The highest BCUT2D eigenvalue weighted by molar-refractivity contribution is 7.88. The number of hydrogen-bond acceptors (Lipinski definition) is 7. The van der Waals surface area contributed by atoms with Crippen LogP contribution in [0.25, 0.3) is 0 Å². The normalized spacial score (nSPS) is 12.6. The molecule has 2 rings (SSSR count). The number of nitrogens with two attached hydrogens (primary N) is 1. The first-order valence-electron chi connectivity index (χ1n) is 7.99. The van der Waals surface area contributed by atoms with Gasteiger partial charge in [-0.1, -0.05) is 30.3 Å². The largest absolute Gasteiger partial charge is 0.467 e. The Morgan fingerprint density at radius 3 is 1.93 bits per heavy atom. The van der Waals surface area contributed by atoms with Crippen LogP contribution in [0.2, 0.25) is 0 Å². The summed E-state index contributed by atoms with van der Waals surface area (Å²) in [7, 11) is -0.643. The van der Waals surface area contributed by atoms with E-state index >= 15 is 0 Å². The van der Waals surface area contributed by atoms with E-state index in [-0.39, 0.29) is 19.3 Å². The van der Waals surface area contributed by atoms with Gasteiger partial charge in [-0.05, 0) is 23.3 Å². The molecule has 0 saturated carbocycles. The molecule has 8 nitrogen and oxygen atoms in total. The molecule has 0 radical (unpaired) electrons. The Hall–Kier alpha value is -2.17. The molecule has 0 aliphatic carbocycles. The molecule has 0 saturated heterocycles. The van der Waals surface area contributed by atoms with Crippen LogP contribution in [-0.2, 0) is 25.2 Å². The molecule has 0 amide bonds. The predicted octanol–water partition coefficient (Wildman–Crippen LogP) is 1.52. The van der Waals surface area contributed by atoms with E-state index in [2.05, 4.69) is 0 Å². The molecule has 148 valence electrons. The summed E-state index contributed by atoms with van der Waals surface area (Å²) in [4.78, 5) is 0. The van der Waals surface area contributed by atoms with Crippen LogP contribution in [0.5, 0.6) is 11.5 Å². The number of hydrogen-bond donors (Lipinski definition) is 2. The summed E-state index contributed by atoms with van der Waals surface area (Å²) in [6.45, 7) is 0.00149. The molecule has 0 fully saturated rings. The van der Waals surface area contributed by atoms with Gasteiger partial charge in [-0.25, -0.2) is 13.6 Å². The van der Waals surface area contributed by atoms with Crippen LogP contribution in [0.4, 0.5) is 0 Å². The minimum Gasteiger partial charge on any atom is -0.467 e. The Balaban J connectivity index is 2.36. The second-order valence-electron chi connectivity index (χ2n) is 5.72. The summed E-state index contributed by atoms with van der Waals surface area (Å²) in [5.74, 6) is 0.511. The Kier molecular flexibility index (Phi) is 7.57. The fourth-order valence-electron chi connectivity index (χ4n) is 2.49. The van der Waals surface area contributed by atoms with Crippen molar-refractivity contribution in [3.8, 4) is 11.5 Å². The van der Waals surface area contributed by atoms with Crippen LogP contribution in [0.3, 0.4) is 0 Å². The Morgan fingerprint density at radius 2 is 1.48 bits per heavy atom. The number of methoxy groups -OCH3 is 2. The molecule has 0 bridgehead atoms. The van der Waals surface area contributed by atoms with Crippen molar-refractivity contribution in [3.63, 3.8) is 0 Å². The lowest BCUT2D eigenvalue weighted by atomic mass is 9.99. The van der Waals surface area contributed by atoms with Crippen molar-refractivity contribution >= 4 is 10.0 Å². The average Bonchev–Trinajstić information content (AvgIpc) is 2.63. The van der Waals surface area contributed by atoms with Gasteiger partial charge in [0.15, 0.2) is 13.6 Å². The molecular formula is C18H23NO7S. The van der Waals surface area contributed by atoms with Crippen molar-refractivity contribution in [1.29, 1.82) is 0 Å². The lowest BCUT2D eigenvalue weighted by molar-refractivity contribution is 0.0415. The minimum absolute atomic E-state index is 0.000743. The highest BCUT2D eigenvalue weighted by Gasteiger charge is 2.21. The van der Waals surface area contributed by atoms with E-state index in [0.29, 0.717) is 28.2 Å². The van der Waals surface area contributed by atoms with Crippen molar-refractivity contribution in [2.45, 2.75) is 11.9 Å². The molecule has 3 N–H and O–H groups in total. The summed E-state index contributed by atoms with van der Waals surface area (Å²) >= 11 is 0. The molecule has 1 unspecified atom stereocenters. The maximum atomic E-state index is 11.2. The Bertz CT molecular complexity index is 811. The predicted molar refractivity (Wildman–Crippen MR) is 98.8 cm³/mol. The van der Waals surface area contributed by atoms with Crippen molar-refractivity contribution in [3.05, 3.63) is 59.2 Å². The zero-order valence-electron chi connectivity index (χ0n) is 15.1. The lowest BCUT2D eigenvalue weighted by Gasteiger charge is -2.20. The molecule has 0 heterocycles. The molecule has 0 spiro atoms. The van der Waals surface area contributed by atoms with Crippen molar-refractivity contribution < 1.29 is 32.5 Å².